The number of aryl methyl sites for hydroxylation is 2. The summed E-state index contributed by atoms with van der Waals surface area (Å²) in [6.07, 6.45) is 0. The number of rotatable bonds is 3. The van der Waals surface area contributed by atoms with E-state index < -0.39 is 23.5 Å². The fraction of sp³-hybridized carbons (Fsp3) is 0.583. The molecule has 1 unspecified atom stereocenters. The summed E-state index contributed by atoms with van der Waals surface area (Å²) in [6.45, 7) is 8.77. The maximum Gasteiger partial charge on any atom is 0.326 e. The van der Waals surface area contributed by atoms with E-state index in [0.29, 0.717) is 11.4 Å². The minimum absolute atomic E-state index is 0.560. The molecule has 1 atom stereocenters. The lowest BCUT2D eigenvalue weighted by atomic mass is 9.87. The number of amides is 2. The molecule has 0 fully saturated rings. The van der Waals surface area contributed by atoms with Crippen molar-refractivity contribution >= 4 is 17.7 Å². The lowest BCUT2D eigenvalue weighted by Gasteiger charge is -2.27. The number of aromatic amines is 1. The summed E-state index contributed by atoms with van der Waals surface area (Å²) in [5, 5.41) is 20.9. The number of nitrogens with one attached hydrogen (secondary N) is 3. The Kier molecular flexibility index (Phi) is 4.18. The highest BCUT2D eigenvalue weighted by Crippen LogP contribution is 2.20. The van der Waals surface area contributed by atoms with Crippen molar-refractivity contribution in [1.29, 1.82) is 0 Å². The summed E-state index contributed by atoms with van der Waals surface area (Å²) >= 11 is 0. The minimum atomic E-state index is -1.07. The molecule has 1 aromatic heterocycles. The summed E-state index contributed by atoms with van der Waals surface area (Å²) < 4.78 is 0. The van der Waals surface area contributed by atoms with Gasteiger partial charge in [0.2, 0.25) is 0 Å². The number of urea groups is 1. The molecule has 7 heteroatoms. The molecule has 1 heterocycles. The first-order chi connectivity index (χ1) is 8.62. The molecule has 0 saturated carbocycles. The van der Waals surface area contributed by atoms with Crippen LogP contribution in [-0.2, 0) is 4.79 Å². The SMILES string of the molecule is Cc1n[nH]c(C)c1NC(=O)NC(C(=O)O)C(C)(C)C. The first-order valence-corrected chi connectivity index (χ1v) is 5.95. The molecule has 0 aliphatic carbocycles. The highest BCUT2D eigenvalue weighted by molar-refractivity contribution is 5.93. The number of aromatic nitrogens is 2. The fourth-order valence-corrected chi connectivity index (χ4v) is 1.66. The van der Waals surface area contributed by atoms with Gasteiger partial charge >= 0.3 is 12.0 Å². The molecule has 0 radical (unpaired) electrons. The second-order valence-corrected chi connectivity index (χ2v) is 5.54. The molecule has 1 rings (SSSR count). The largest absolute Gasteiger partial charge is 0.480 e. The number of anilines is 1. The van der Waals surface area contributed by atoms with Gasteiger partial charge < -0.3 is 15.7 Å². The molecule has 0 spiro atoms. The molecule has 0 bridgehead atoms. The van der Waals surface area contributed by atoms with Crippen molar-refractivity contribution in [1.82, 2.24) is 15.5 Å². The first-order valence-electron chi connectivity index (χ1n) is 5.95. The van der Waals surface area contributed by atoms with Crippen LogP contribution in [0.4, 0.5) is 10.5 Å². The van der Waals surface area contributed by atoms with E-state index in [1.165, 1.54) is 0 Å². The van der Waals surface area contributed by atoms with Crippen LogP contribution in [0.5, 0.6) is 0 Å². The Balaban J connectivity index is 2.77. The van der Waals surface area contributed by atoms with Gasteiger partial charge in [0.25, 0.3) is 0 Å². The van der Waals surface area contributed by atoms with Crippen molar-refractivity contribution < 1.29 is 14.7 Å². The van der Waals surface area contributed by atoms with Gasteiger partial charge in [0.05, 0.1) is 17.1 Å². The number of carboxylic acid groups (broad SMARTS) is 1. The molecule has 106 valence electrons. The van der Waals surface area contributed by atoms with Gasteiger partial charge in [-0.05, 0) is 19.3 Å². The molecular formula is C12H20N4O3. The van der Waals surface area contributed by atoms with E-state index in [1.807, 2.05) is 0 Å². The zero-order chi connectivity index (χ0) is 14.8. The van der Waals surface area contributed by atoms with E-state index in [2.05, 4.69) is 20.8 Å². The highest BCUT2D eigenvalue weighted by Gasteiger charge is 2.32. The number of H-pyrrole nitrogens is 1. The van der Waals surface area contributed by atoms with Crippen LogP contribution in [0.15, 0.2) is 0 Å². The van der Waals surface area contributed by atoms with Crippen molar-refractivity contribution in [2.45, 2.75) is 40.7 Å². The molecule has 0 aromatic carbocycles. The summed E-state index contributed by atoms with van der Waals surface area (Å²) in [7, 11) is 0. The van der Waals surface area contributed by atoms with E-state index in [9.17, 15) is 9.59 Å². The monoisotopic (exact) mass is 268 g/mol. The molecule has 0 saturated heterocycles. The standard InChI is InChI=1S/C12H20N4O3/c1-6-8(7(2)16-15-6)13-11(19)14-9(10(17)18)12(3,4)5/h9H,1-5H3,(H,15,16)(H,17,18)(H2,13,14,19). The number of nitrogens with zero attached hydrogens (tertiary/aromatic N) is 1. The number of carbonyl (C=O) groups excluding carboxylic acids is 1. The fourth-order valence-electron chi connectivity index (χ4n) is 1.66. The average Bonchev–Trinajstić information content (AvgIpc) is 2.55. The van der Waals surface area contributed by atoms with E-state index in [0.717, 1.165) is 5.69 Å². The van der Waals surface area contributed by atoms with Crippen LogP contribution < -0.4 is 10.6 Å². The number of hydrogen-bond acceptors (Lipinski definition) is 3. The molecule has 7 nitrogen and oxygen atoms in total. The molecular weight excluding hydrogens is 248 g/mol. The van der Waals surface area contributed by atoms with Gasteiger partial charge in [-0.15, -0.1) is 0 Å². The van der Waals surface area contributed by atoms with Crippen LogP contribution in [0.3, 0.4) is 0 Å². The Bertz CT molecular complexity index is 468. The van der Waals surface area contributed by atoms with Gasteiger partial charge in [-0.3, -0.25) is 5.10 Å². The van der Waals surface area contributed by atoms with Crippen LogP contribution >= 0.6 is 0 Å². The minimum Gasteiger partial charge on any atom is -0.480 e. The predicted molar refractivity (Wildman–Crippen MR) is 71.1 cm³/mol. The molecule has 19 heavy (non-hydrogen) atoms. The topological polar surface area (TPSA) is 107 Å². The summed E-state index contributed by atoms with van der Waals surface area (Å²) in [5.74, 6) is -1.07. The maximum atomic E-state index is 11.8. The second-order valence-electron chi connectivity index (χ2n) is 5.54. The maximum absolute atomic E-state index is 11.8. The van der Waals surface area contributed by atoms with Crippen LogP contribution in [0.25, 0.3) is 0 Å². The Labute approximate surface area is 111 Å². The Morgan fingerprint density at radius 3 is 2.26 bits per heavy atom. The normalized spacial score (nSPS) is 12.9. The third kappa shape index (κ3) is 3.70. The average molecular weight is 268 g/mol. The third-order valence-corrected chi connectivity index (χ3v) is 2.76. The van der Waals surface area contributed by atoms with Crippen LogP contribution in [0.1, 0.15) is 32.2 Å². The summed E-state index contributed by atoms with van der Waals surface area (Å²) in [5.41, 5.74) is 1.35. The Morgan fingerprint density at radius 1 is 1.32 bits per heavy atom. The van der Waals surface area contributed by atoms with Crippen LogP contribution in [-0.4, -0.2) is 33.3 Å². The van der Waals surface area contributed by atoms with Gasteiger partial charge in [0.1, 0.15) is 6.04 Å². The smallest absolute Gasteiger partial charge is 0.326 e. The third-order valence-electron chi connectivity index (χ3n) is 2.76. The predicted octanol–water partition coefficient (Wildman–Crippen LogP) is 1.65. The summed E-state index contributed by atoms with van der Waals surface area (Å²) in [4.78, 5) is 23.0. The zero-order valence-electron chi connectivity index (χ0n) is 11.8. The molecule has 0 aliphatic rings. The molecule has 2 amide bonds. The van der Waals surface area contributed by atoms with Crippen molar-refractivity contribution in [3.63, 3.8) is 0 Å². The Morgan fingerprint density at radius 2 is 1.89 bits per heavy atom. The second kappa shape index (κ2) is 5.29. The van der Waals surface area contributed by atoms with Gasteiger partial charge in [0.15, 0.2) is 0 Å². The van der Waals surface area contributed by atoms with Crippen molar-refractivity contribution in [3.8, 4) is 0 Å². The molecule has 0 aliphatic heterocycles. The van der Waals surface area contributed by atoms with E-state index in [-0.39, 0.29) is 0 Å². The zero-order valence-corrected chi connectivity index (χ0v) is 11.8. The number of aliphatic carboxylic acids is 1. The highest BCUT2D eigenvalue weighted by atomic mass is 16.4. The van der Waals surface area contributed by atoms with Gasteiger partial charge in [-0.25, -0.2) is 9.59 Å². The Hall–Kier alpha value is -2.05. The van der Waals surface area contributed by atoms with Crippen molar-refractivity contribution in [2.24, 2.45) is 5.41 Å². The van der Waals surface area contributed by atoms with Gasteiger partial charge in [-0.2, -0.15) is 5.10 Å². The van der Waals surface area contributed by atoms with Crippen molar-refractivity contribution in [3.05, 3.63) is 11.4 Å². The molecule has 4 N–H and O–H groups in total. The quantitative estimate of drug-likeness (QED) is 0.668. The number of hydrogen-bond donors (Lipinski definition) is 4. The number of carboxylic acids is 1. The molecule has 1 aromatic rings. The van der Waals surface area contributed by atoms with E-state index in [1.54, 1.807) is 34.6 Å². The van der Waals surface area contributed by atoms with E-state index in [4.69, 9.17) is 5.11 Å². The lowest BCUT2D eigenvalue weighted by molar-refractivity contribution is -0.141. The number of carbonyl (C=O) groups is 2. The van der Waals surface area contributed by atoms with E-state index >= 15 is 0 Å². The lowest BCUT2D eigenvalue weighted by Crippen LogP contribution is -2.50. The van der Waals surface area contributed by atoms with Gasteiger partial charge in [-0.1, -0.05) is 20.8 Å². The van der Waals surface area contributed by atoms with Crippen LogP contribution in [0.2, 0.25) is 0 Å². The van der Waals surface area contributed by atoms with Crippen molar-refractivity contribution in [2.75, 3.05) is 5.32 Å². The van der Waals surface area contributed by atoms with Gasteiger partial charge in [0, 0.05) is 0 Å². The summed E-state index contributed by atoms with van der Waals surface area (Å²) in [6, 6.07) is -1.53. The first kappa shape index (κ1) is 15.0. The van der Waals surface area contributed by atoms with Crippen LogP contribution in [0, 0.1) is 19.3 Å².